The average molecular weight is 360 g/mol. The lowest BCUT2D eigenvalue weighted by Gasteiger charge is -2.24. The maximum atomic E-state index is 6.41. The second kappa shape index (κ2) is 8.97. The van der Waals surface area contributed by atoms with Crippen LogP contribution < -0.4 is 10.1 Å². The van der Waals surface area contributed by atoms with E-state index in [0.717, 1.165) is 41.0 Å². The van der Waals surface area contributed by atoms with E-state index in [0.29, 0.717) is 0 Å². The summed E-state index contributed by atoms with van der Waals surface area (Å²) in [5, 5.41) is 5.54. The highest BCUT2D eigenvalue weighted by Crippen LogP contribution is 2.29. The first-order chi connectivity index (χ1) is 11.3. The molecule has 0 heterocycles. The molecule has 2 aromatic rings. The van der Waals surface area contributed by atoms with Crippen molar-refractivity contribution in [1.82, 2.24) is 5.32 Å². The largest absolute Gasteiger partial charge is 0.485 e. The number of benzene rings is 2. The van der Waals surface area contributed by atoms with Crippen LogP contribution in [0.4, 0.5) is 0 Å². The first-order valence-electron chi connectivity index (χ1n) is 7.98. The van der Waals surface area contributed by atoms with Crippen molar-refractivity contribution in [3.8, 4) is 5.75 Å². The van der Waals surface area contributed by atoms with E-state index in [1.165, 1.54) is 5.39 Å². The number of hydrogen-bond acceptors (Lipinski definition) is 3. The second-order valence-corrected chi connectivity index (χ2v) is 6.15. The van der Waals surface area contributed by atoms with E-state index in [9.17, 15) is 0 Å². The van der Waals surface area contributed by atoms with Crippen LogP contribution in [0.1, 0.15) is 12.8 Å². The van der Waals surface area contributed by atoms with Gasteiger partial charge in [-0.25, -0.2) is 0 Å². The minimum absolute atomic E-state index is 0. The molecule has 0 unspecified atom stereocenters. The van der Waals surface area contributed by atoms with Gasteiger partial charge in [0, 0.05) is 28.7 Å². The maximum absolute atomic E-state index is 6.41. The van der Waals surface area contributed by atoms with E-state index < -0.39 is 0 Å². The molecule has 126 valence electrons. The highest BCUT2D eigenvalue weighted by atomic mass is 35.5. The van der Waals surface area contributed by atoms with Gasteiger partial charge in [0.05, 0.1) is 0 Å². The minimum atomic E-state index is -0.0225. The normalized spacial score (nSPS) is 14.9. The molecule has 2 nitrogen and oxygen atoms in total. The van der Waals surface area contributed by atoms with Crippen LogP contribution in [0.25, 0.3) is 10.8 Å². The molecule has 4 heteroatoms. The molecule has 0 spiro atoms. The topological polar surface area (TPSA) is 21.3 Å². The third kappa shape index (κ3) is 4.23. The summed E-state index contributed by atoms with van der Waals surface area (Å²) < 4.78 is 6.41. The lowest BCUT2D eigenvalue weighted by atomic mass is 9.97. The molecule has 0 saturated heterocycles. The zero-order valence-electron chi connectivity index (χ0n) is 13.7. The molecule has 0 amide bonds. The molecule has 0 saturated carbocycles. The van der Waals surface area contributed by atoms with Crippen LogP contribution in [-0.2, 0) is 0 Å². The third-order valence-electron chi connectivity index (χ3n) is 4.06. The van der Waals surface area contributed by atoms with E-state index in [4.69, 9.17) is 17.0 Å². The Labute approximate surface area is 155 Å². The van der Waals surface area contributed by atoms with Crippen molar-refractivity contribution in [3.63, 3.8) is 0 Å². The van der Waals surface area contributed by atoms with Crippen molar-refractivity contribution in [2.45, 2.75) is 18.9 Å². The Balaban J connectivity index is 0.00000208. The summed E-state index contributed by atoms with van der Waals surface area (Å²) in [6, 6.07) is 14.5. The van der Waals surface area contributed by atoms with Crippen LogP contribution >= 0.6 is 24.6 Å². The summed E-state index contributed by atoms with van der Waals surface area (Å²) in [4.78, 5) is 0.980. The molecule has 1 aliphatic carbocycles. The van der Waals surface area contributed by atoms with Gasteiger partial charge in [-0.05, 0) is 25.0 Å². The summed E-state index contributed by atoms with van der Waals surface area (Å²) in [6.07, 6.45) is 7.96. The lowest BCUT2D eigenvalue weighted by Crippen LogP contribution is -2.28. The predicted molar refractivity (Wildman–Crippen MR) is 109 cm³/mol. The van der Waals surface area contributed by atoms with E-state index >= 15 is 0 Å². The summed E-state index contributed by atoms with van der Waals surface area (Å²) >= 11 is 5.55. The number of thiocarbonyl (C=S) groups is 1. The number of ether oxygens (including phenoxy) is 1. The molecule has 24 heavy (non-hydrogen) atoms. The van der Waals surface area contributed by atoms with Crippen molar-refractivity contribution in [1.29, 1.82) is 0 Å². The van der Waals surface area contributed by atoms with Crippen molar-refractivity contribution in [2.24, 2.45) is 0 Å². The van der Waals surface area contributed by atoms with E-state index in [1.54, 1.807) is 0 Å². The fourth-order valence-electron chi connectivity index (χ4n) is 2.85. The lowest BCUT2D eigenvalue weighted by molar-refractivity contribution is 0.235. The van der Waals surface area contributed by atoms with Gasteiger partial charge in [-0.3, -0.25) is 0 Å². The molecule has 0 fully saturated rings. The van der Waals surface area contributed by atoms with Gasteiger partial charge in [0.25, 0.3) is 0 Å². The van der Waals surface area contributed by atoms with Crippen LogP contribution in [0.5, 0.6) is 5.75 Å². The molecule has 1 aliphatic rings. The fraction of sp³-hybridized carbons (Fsp3) is 0.250. The predicted octanol–water partition coefficient (Wildman–Crippen LogP) is 4.87. The van der Waals surface area contributed by atoms with Gasteiger partial charge in [0.15, 0.2) is 0 Å². The molecule has 2 aromatic carbocycles. The smallest absolute Gasteiger partial charge is 0.128 e. The molecule has 0 aliphatic heterocycles. The van der Waals surface area contributed by atoms with Gasteiger partial charge >= 0.3 is 0 Å². The summed E-state index contributed by atoms with van der Waals surface area (Å²) in [6.45, 7) is 0.888. The van der Waals surface area contributed by atoms with E-state index in [2.05, 4.69) is 41.7 Å². The molecule has 1 N–H and O–H groups in total. The standard InChI is InChI=1S/C20H21NOS.ClH/c1-21-14-13-19(17-10-4-5-12-20(17)23)22-18-11-6-8-15-7-2-3-9-16(15)18;/h2-11,19,21H,12-14H2,1H3;1H/t19-;/m0./s1. The third-order valence-corrected chi connectivity index (χ3v) is 4.46. The van der Waals surface area contributed by atoms with Gasteiger partial charge < -0.3 is 10.1 Å². The number of halogens is 1. The van der Waals surface area contributed by atoms with Crippen molar-refractivity contribution in [3.05, 3.63) is 66.3 Å². The number of fused-ring (bicyclic) bond motifs is 1. The average Bonchev–Trinajstić information content (AvgIpc) is 2.59. The number of hydrogen-bond donors (Lipinski definition) is 1. The molecular formula is C20H22ClNOS. The van der Waals surface area contributed by atoms with Gasteiger partial charge in [-0.15, -0.1) is 12.4 Å². The highest BCUT2D eigenvalue weighted by molar-refractivity contribution is 7.80. The van der Waals surface area contributed by atoms with Gasteiger partial charge in [-0.2, -0.15) is 0 Å². The van der Waals surface area contributed by atoms with Crippen molar-refractivity contribution in [2.75, 3.05) is 13.6 Å². The Morgan fingerprint density at radius 3 is 2.75 bits per heavy atom. The Kier molecular flexibility index (Phi) is 6.98. The van der Waals surface area contributed by atoms with Gasteiger partial charge in [-0.1, -0.05) is 66.8 Å². The Morgan fingerprint density at radius 2 is 1.96 bits per heavy atom. The summed E-state index contributed by atoms with van der Waals surface area (Å²) in [7, 11) is 1.96. The number of rotatable bonds is 6. The minimum Gasteiger partial charge on any atom is -0.485 e. The highest BCUT2D eigenvalue weighted by Gasteiger charge is 2.21. The van der Waals surface area contributed by atoms with Crippen LogP contribution in [0, 0.1) is 0 Å². The monoisotopic (exact) mass is 359 g/mol. The molecule has 0 bridgehead atoms. The summed E-state index contributed by atoms with van der Waals surface area (Å²) in [5.74, 6) is 0.919. The summed E-state index contributed by atoms with van der Waals surface area (Å²) in [5.41, 5.74) is 1.13. The number of nitrogens with one attached hydrogen (secondary N) is 1. The Bertz CT molecular complexity index is 764. The van der Waals surface area contributed by atoms with Crippen molar-refractivity contribution >= 4 is 40.3 Å². The van der Waals surface area contributed by atoms with Crippen LogP contribution in [-0.4, -0.2) is 24.6 Å². The van der Waals surface area contributed by atoms with Crippen LogP contribution in [0.3, 0.4) is 0 Å². The molecule has 0 radical (unpaired) electrons. The fourth-order valence-corrected chi connectivity index (χ4v) is 3.15. The van der Waals surface area contributed by atoms with Crippen LogP contribution in [0.15, 0.2) is 66.3 Å². The van der Waals surface area contributed by atoms with E-state index in [1.807, 2.05) is 31.3 Å². The zero-order valence-corrected chi connectivity index (χ0v) is 15.3. The second-order valence-electron chi connectivity index (χ2n) is 5.65. The molecular weight excluding hydrogens is 338 g/mol. The zero-order chi connectivity index (χ0) is 16.1. The van der Waals surface area contributed by atoms with Gasteiger partial charge in [0.1, 0.15) is 11.9 Å². The first kappa shape index (κ1) is 18.7. The number of allylic oxidation sites excluding steroid dienone is 3. The van der Waals surface area contributed by atoms with Crippen molar-refractivity contribution < 1.29 is 4.74 Å². The maximum Gasteiger partial charge on any atom is 0.128 e. The van der Waals surface area contributed by atoms with Gasteiger partial charge in [0.2, 0.25) is 0 Å². The quantitative estimate of drug-likeness (QED) is 0.743. The molecule has 3 rings (SSSR count). The Hall–Kier alpha value is -1.68. The molecule has 0 aromatic heterocycles. The Morgan fingerprint density at radius 1 is 1.17 bits per heavy atom. The first-order valence-corrected chi connectivity index (χ1v) is 8.39. The molecule has 1 atom stereocenters. The van der Waals surface area contributed by atoms with E-state index in [-0.39, 0.29) is 18.5 Å². The van der Waals surface area contributed by atoms with Crippen LogP contribution in [0.2, 0.25) is 0 Å². The SMILES string of the molecule is CNCC[C@H](Oc1cccc2ccccc12)C1=CC=CCC1=S.Cl.